The Bertz CT molecular complexity index is 999. The lowest BCUT2D eigenvalue weighted by atomic mass is 9.89. The SMILES string of the molecule is CC1C(=O)N(c2cccc(C#N)c2)c2cnc(Cl)nc2N1C1CCC(F)(F)CC1. The first kappa shape index (κ1) is 19.5. The second-order valence-corrected chi connectivity index (χ2v) is 7.69. The van der Waals surface area contributed by atoms with Crippen LogP contribution >= 0.6 is 11.6 Å². The number of carbonyl (C=O) groups excluding carboxylic acids is 1. The van der Waals surface area contributed by atoms with Crippen molar-refractivity contribution in [3.8, 4) is 6.07 Å². The van der Waals surface area contributed by atoms with E-state index in [-0.39, 0.29) is 42.9 Å². The summed E-state index contributed by atoms with van der Waals surface area (Å²) in [4.78, 5) is 24.9. The monoisotopic (exact) mass is 417 g/mol. The van der Waals surface area contributed by atoms with Crippen molar-refractivity contribution in [2.45, 2.75) is 50.6 Å². The van der Waals surface area contributed by atoms with E-state index in [1.165, 1.54) is 11.1 Å². The first-order valence-corrected chi connectivity index (χ1v) is 9.71. The number of amides is 1. The maximum absolute atomic E-state index is 13.7. The number of alkyl halides is 2. The van der Waals surface area contributed by atoms with Gasteiger partial charge in [0.25, 0.3) is 5.91 Å². The summed E-state index contributed by atoms with van der Waals surface area (Å²) in [5.74, 6) is -2.47. The summed E-state index contributed by atoms with van der Waals surface area (Å²) in [5.41, 5.74) is 1.35. The third-order valence-corrected chi connectivity index (χ3v) is 5.70. The maximum atomic E-state index is 13.7. The Hall–Kier alpha value is -2.79. The highest BCUT2D eigenvalue weighted by Gasteiger charge is 2.44. The van der Waals surface area contributed by atoms with Crippen LogP contribution in [-0.4, -0.2) is 33.9 Å². The zero-order valence-corrected chi connectivity index (χ0v) is 16.4. The minimum atomic E-state index is -2.67. The molecule has 1 unspecified atom stereocenters. The number of hydrogen-bond acceptors (Lipinski definition) is 5. The quantitative estimate of drug-likeness (QED) is 0.675. The van der Waals surface area contributed by atoms with E-state index >= 15 is 0 Å². The lowest BCUT2D eigenvalue weighted by Crippen LogP contribution is -2.56. The Labute approximate surface area is 171 Å². The molecule has 1 fully saturated rings. The third-order valence-electron chi connectivity index (χ3n) is 5.51. The van der Waals surface area contributed by atoms with Crippen molar-refractivity contribution < 1.29 is 13.6 Å². The van der Waals surface area contributed by atoms with Crippen molar-refractivity contribution in [1.82, 2.24) is 9.97 Å². The Morgan fingerprint density at radius 2 is 2.03 bits per heavy atom. The van der Waals surface area contributed by atoms with Crippen LogP contribution < -0.4 is 9.80 Å². The molecule has 6 nitrogen and oxygen atoms in total. The van der Waals surface area contributed by atoms with Gasteiger partial charge in [0.05, 0.1) is 23.5 Å². The molecule has 0 saturated heterocycles. The average Bonchev–Trinajstić information content (AvgIpc) is 2.70. The lowest BCUT2D eigenvalue weighted by Gasteiger charge is -2.46. The van der Waals surface area contributed by atoms with E-state index in [0.717, 1.165) is 0 Å². The second kappa shape index (κ2) is 7.23. The Morgan fingerprint density at radius 3 is 2.72 bits per heavy atom. The minimum absolute atomic E-state index is 0.0159. The van der Waals surface area contributed by atoms with E-state index < -0.39 is 12.0 Å². The number of nitrogens with zero attached hydrogens (tertiary/aromatic N) is 5. The molecule has 2 heterocycles. The smallest absolute Gasteiger partial charge is 0.254 e. The molecule has 1 aliphatic heterocycles. The first-order chi connectivity index (χ1) is 13.8. The van der Waals surface area contributed by atoms with E-state index in [4.69, 9.17) is 11.6 Å². The predicted octanol–water partition coefficient (Wildman–Crippen LogP) is 4.45. The zero-order valence-electron chi connectivity index (χ0n) is 15.6. The van der Waals surface area contributed by atoms with E-state index in [1.807, 2.05) is 0 Å². The Morgan fingerprint density at radius 1 is 1.31 bits per heavy atom. The predicted molar refractivity (Wildman–Crippen MR) is 104 cm³/mol. The molecule has 9 heteroatoms. The van der Waals surface area contributed by atoms with Gasteiger partial charge < -0.3 is 4.90 Å². The highest BCUT2D eigenvalue weighted by molar-refractivity contribution is 6.28. The summed E-state index contributed by atoms with van der Waals surface area (Å²) in [6.07, 6.45) is 1.53. The van der Waals surface area contributed by atoms with E-state index in [2.05, 4.69) is 16.0 Å². The molecule has 1 aromatic carbocycles. The van der Waals surface area contributed by atoms with Crippen LogP contribution in [0.4, 0.5) is 26.0 Å². The fourth-order valence-electron chi connectivity index (χ4n) is 4.07. The van der Waals surface area contributed by atoms with Gasteiger partial charge in [-0.3, -0.25) is 9.69 Å². The minimum Gasteiger partial charge on any atom is -0.340 e. The molecule has 29 heavy (non-hydrogen) atoms. The van der Waals surface area contributed by atoms with Gasteiger partial charge in [-0.15, -0.1) is 0 Å². The van der Waals surface area contributed by atoms with Crippen molar-refractivity contribution in [3.05, 3.63) is 41.3 Å². The number of hydrogen-bond donors (Lipinski definition) is 0. The Kier molecular flexibility index (Phi) is 4.87. The van der Waals surface area contributed by atoms with E-state index in [0.29, 0.717) is 22.8 Å². The number of carbonyl (C=O) groups is 1. The van der Waals surface area contributed by atoms with Gasteiger partial charge in [-0.1, -0.05) is 6.07 Å². The molecule has 0 bridgehead atoms. The summed E-state index contributed by atoms with van der Waals surface area (Å²) in [6, 6.07) is 7.86. The van der Waals surface area contributed by atoms with Crippen LogP contribution in [0.3, 0.4) is 0 Å². The highest BCUT2D eigenvalue weighted by Crippen LogP contribution is 2.44. The normalized spacial score (nSPS) is 21.6. The van der Waals surface area contributed by atoms with Crippen LogP contribution in [0.25, 0.3) is 0 Å². The van der Waals surface area contributed by atoms with Crippen LogP contribution in [0, 0.1) is 11.3 Å². The van der Waals surface area contributed by atoms with Gasteiger partial charge in [-0.2, -0.15) is 10.2 Å². The molecule has 1 atom stereocenters. The fourth-order valence-corrected chi connectivity index (χ4v) is 4.20. The van der Waals surface area contributed by atoms with Crippen molar-refractivity contribution in [2.24, 2.45) is 0 Å². The number of anilines is 3. The Balaban J connectivity index is 1.79. The molecule has 150 valence electrons. The molecule has 2 aliphatic rings. The summed E-state index contributed by atoms with van der Waals surface area (Å²) in [6.45, 7) is 1.73. The number of fused-ring (bicyclic) bond motifs is 1. The molecular weight excluding hydrogens is 400 g/mol. The van der Waals surface area contributed by atoms with Gasteiger partial charge >= 0.3 is 0 Å². The fraction of sp³-hybridized carbons (Fsp3) is 0.400. The lowest BCUT2D eigenvalue weighted by molar-refractivity contribution is -0.119. The van der Waals surface area contributed by atoms with Gasteiger partial charge in [0.15, 0.2) is 5.82 Å². The van der Waals surface area contributed by atoms with Gasteiger partial charge in [0.2, 0.25) is 11.2 Å². The largest absolute Gasteiger partial charge is 0.340 e. The van der Waals surface area contributed by atoms with Crippen molar-refractivity contribution in [1.29, 1.82) is 5.26 Å². The maximum Gasteiger partial charge on any atom is 0.254 e. The number of nitriles is 1. The van der Waals surface area contributed by atoms with Crippen molar-refractivity contribution in [3.63, 3.8) is 0 Å². The standard InChI is InChI=1S/C20H18ClF2N5O/c1-12-18(29)28(15-4-2-3-13(9-15)10-24)16-11-25-19(21)26-17(16)27(12)14-5-7-20(22,23)8-6-14/h2-4,9,11-12,14H,5-8H2,1H3. The van der Waals surface area contributed by atoms with Gasteiger partial charge in [0, 0.05) is 18.9 Å². The van der Waals surface area contributed by atoms with Crippen molar-refractivity contribution in [2.75, 3.05) is 9.80 Å². The molecule has 1 aromatic heterocycles. The number of benzene rings is 1. The number of aromatic nitrogens is 2. The van der Waals surface area contributed by atoms with E-state index in [1.54, 1.807) is 36.1 Å². The third kappa shape index (κ3) is 3.51. The van der Waals surface area contributed by atoms with Crippen LogP contribution in [0.5, 0.6) is 0 Å². The van der Waals surface area contributed by atoms with Gasteiger partial charge in [-0.25, -0.2) is 13.8 Å². The average molecular weight is 418 g/mol. The molecule has 0 N–H and O–H groups in total. The molecule has 0 radical (unpaired) electrons. The highest BCUT2D eigenvalue weighted by atomic mass is 35.5. The molecule has 1 amide bonds. The summed E-state index contributed by atoms with van der Waals surface area (Å²) in [5, 5.41) is 9.22. The molecule has 4 rings (SSSR count). The van der Waals surface area contributed by atoms with E-state index in [9.17, 15) is 18.8 Å². The van der Waals surface area contributed by atoms with Crippen LogP contribution in [-0.2, 0) is 4.79 Å². The van der Waals surface area contributed by atoms with Gasteiger partial charge in [0.1, 0.15) is 11.7 Å². The molecule has 0 spiro atoms. The molecular formula is C20H18ClF2N5O. The first-order valence-electron chi connectivity index (χ1n) is 9.33. The summed E-state index contributed by atoms with van der Waals surface area (Å²) < 4.78 is 27.3. The molecule has 2 aromatic rings. The molecule has 1 aliphatic carbocycles. The van der Waals surface area contributed by atoms with Crippen LogP contribution in [0.15, 0.2) is 30.5 Å². The summed E-state index contributed by atoms with van der Waals surface area (Å²) >= 11 is 6.04. The topological polar surface area (TPSA) is 73.1 Å². The van der Waals surface area contributed by atoms with Crippen LogP contribution in [0.2, 0.25) is 5.28 Å². The summed E-state index contributed by atoms with van der Waals surface area (Å²) in [7, 11) is 0. The molecule has 1 saturated carbocycles. The number of halogens is 3. The second-order valence-electron chi connectivity index (χ2n) is 7.35. The van der Waals surface area contributed by atoms with Crippen LogP contribution in [0.1, 0.15) is 38.2 Å². The number of rotatable bonds is 2. The van der Waals surface area contributed by atoms with Crippen molar-refractivity contribution >= 4 is 34.7 Å². The zero-order chi connectivity index (χ0) is 20.8. The van der Waals surface area contributed by atoms with Gasteiger partial charge in [-0.05, 0) is 49.6 Å².